The van der Waals surface area contributed by atoms with E-state index < -0.39 is 22.3 Å². The van der Waals surface area contributed by atoms with Crippen LogP contribution < -0.4 is 16.9 Å². The monoisotopic (exact) mass is 383 g/mol. The Labute approximate surface area is 79.2 Å². The fraction of sp³-hybridized carbons (Fsp3) is 0. The van der Waals surface area contributed by atoms with E-state index in [2.05, 4.69) is 5.18 Å². The molecule has 11 heavy (non-hydrogen) atoms. The Balaban J connectivity index is 0. The van der Waals surface area contributed by atoms with Crippen LogP contribution in [0.2, 0.25) is 0 Å². The van der Waals surface area contributed by atoms with Crippen molar-refractivity contribution in [3.8, 4) is 0 Å². The van der Waals surface area contributed by atoms with E-state index in [1.807, 2.05) is 0 Å². The van der Waals surface area contributed by atoms with Crippen LogP contribution >= 0.6 is 18.8 Å². The molecule has 0 aromatic rings. The molecule has 0 fully saturated rings. The summed E-state index contributed by atoms with van der Waals surface area (Å²) in [6.07, 6.45) is 0. The van der Waals surface area contributed by atoms with E-state index in [0.717, 1.165) is 0 Å². The number of nitroso groups, excluding NO2 is 1. The molecule has 9 heteroatoms. The Hall–Kier alpha value is -0.0317. The van der Waals surface area contributed by atoms with Gasteiger partial charge in [0.15, 0.2) is 5.82 Å². The fourth-order valence-corrected chi connectivity index (χ4v) is 0.106. The molecule has 0 saturated heterocycles. The minimum absolute atomic E-state index is 0.347. The zero-order valence-electron chi connectivity index (χ0n) is 5.03. The molecular formula is C2H6Cl2N4O2Pt. The Morgan fingerprint density at radius 3 is 2.00 bits per heavy atom. The molecule has 0 bridgehead atoms. The number of nitrogens with two attached hydrogens (primary N) is 2. The molecule has 0 unspecified atom stereocenters. The molecule has 0 amide bonds. The second kappa shape index (κ2) is 9.97. The molecule has 0 radical (unpaired) electrons. The number of hydrogen-bond acceptors (Lipinski definition) is 6. The van der Waals surface area contributed by atoms with Crippen LogP contribution in [0.4, 0.5) is 0 Å². The maximum atomic E-state index is 9.44. The molecule has 0 aromatic carbocycles. The molecule has 0 spiro atoms. The van der Waals surface area contributed by atoms with Gasteiger partial charge in [0.2, 0.25) is 5.82 Å². The summed E-state index contributed by atoms with van der Waals surface area (Å²) < 4.78 is 0. The molecule has 6 nitrogen and oxygen atoms in total. The molecule has 0 rings (SSSR count). The van der Waals surface area contributed by atoms with Crippen molar-refractivity contribution in [1.29, 1.82) is 0 Å². The number of hydroxylamine groups is 1. The van der Waals surface area contributed by atoms with Gasteiger partial charge in [-0.05, 0) is 5.18 Å². The van der Waals surface area contributed by atoms with Gasteiger partial charge in [0.25, 0.3) is 0 Å². The summed E-state index contributed by atoms with van der Waals surface area (Å²) in [5.41, 5.74) is 11.1. The van der Waals surface area contributed by atoms with Crippen molar-refractivity contribution in [2.75, 3.05) is 0 Å². The van der Waals surface area contributed by atoms with Crippen molar-refractivity contribution >= 4 is 18.8 Å². The van der Waals surface area contributed by atoms with E-state index in [1.54, 1.807) is 0 Å². The van der Waals surface area contributed by atoms with Gasteiger partial charge in [-0.1, -0.05) is 0 Å². The van der Waals surface area contributed by atoms with Crippen LogP contribution in [0.5, 0.6) is 0 Å². The molecule has 0 aliphatic rings. The van der Waals surface area contributed by atoms with Gasteiger partial charge in [0.1, 0.15) is 0 Å². The van der Waals surface area contributed by atoms with E-state index in [1.165, 1.54) is 5.48 Å². The third kappa shape index (κ3) is 9.97. The Morgan fingerprint density at radius 2 is 1.91 bits per heavy atom. The summed E-state index contributed by atoms with van der Waals surface area (Å²) in [6.45, 7) is 0. The van der Waals surface area contributed by atoms with Gasteiger partial charge in [-0.15, -0.1) is 4.91 Å². The second-order valence-electron chi connectivity index (χ2n) is 1.05. The van der Waals surface area contributed by atoms with Gasteiger partial charge in [0, 0.05) is 0 Å². The Kier molecular flexibility index (Phi) is 12.3. The molecule has 70 valence electrons. The van der Waals surface area contributed by atoms with Gasteiger partial charge >= 0.3 is 35.3 Å². The maximum absolute atomic E-state index is 9.44. The number of rotatable bonds is 2. The topological polar surface area (TPSA) is 114 Å². The van der Waals surface area contributed by atoms with E-state index >= 15 is 0 Å². The van der Waals surface area contributed by atoms with E-state index in [0.29, 0.717) is 0 Å². The van der Waals surface area contributed by atoms with Crippen molar-refractivity contribution in [3.63, 3.8) is 0 Å². The zero-order chi connectivity index (χ0) is 9.28. The first-order valence-electron chi connectivity index (χ1n) is 1.95. The van der Waals surface area contributed by atoms with Crippen LogP contribution in [0.15, 0.2) is 16.8 Å². The van der Waals surface area contributed by atoms with Crippen LogP contribution in [-0.2, 0) is 16.5 Å². The molecule has 0 aliphatic carbocycles. The van der Waals surface area contributed by atoms with Crippen molar-refractivity contribution in [3.05, 3.63) is 16.5 Å². The fourth-order valence-electron chi connectivity index (χ4n) is 0.106. The van der Waals surface area contributed by atoms with E-state index in [-0.39, 0.29) is 5.82 Å². The quantitative estimate of drug-likeness (QED) is 0.400. The third-order valence-corrected chi connectivity index (χ3v) is 0.495. The van der Waals surface area contributed by atoms with Crippen molar-refractivity contribution in [1.82, 2.24) is 5.48 Å². The molecular weight excluding hydrogens is 378 g/mol. The molecule has 0 heterocycles. The summed E-state index contributed by atoms with van der Waals surface area (Å²) in [5.74, 6) is -0.812. The summed E-state index contributed by atoms with van der Waals surface area (Å²) >= 11 is -0.472. The van der Waals surface area contributed by atoms with Gasteiger partial charge < -0.3 is 11.5 Å². The normalized spacial score (nSPS) is 10.8. The van der Waals surface area contributed by atoms with Crippen LogP contribution in [0.25, 0.3) is 0 Å². The molecule has 6 N–H and O–H groups in total. The summed E-state index contributed by atoms with van der Waals surface area (Å²) in [6, 6.07) is 0. The first-order chi connectivity index (χ1) is 5.13. The van der Waals surface area contributed by atoms with Gasteiger partial charge in [-0.25, -0.2) is 0 Å². The average molecular weight is 384 g/mol. The van der Waals surface area contributed by atoms with Gasteiger partial charge in [-0.3, -0.25) is 10.7 Å². The van der Waals surface area contributed by atoms with E-state index in [9.17, 15) is 4.91 Å². The SMILES string of the molecule is N/C(N=O)=C(\N)NO.[Cl][Pt][Cl]. The molecule has 0 aromatic heterocycles. The van der Waals surface area contributed by atoms with E-state index in [4.69, 9.17) is 35.5 Å². The Bertz CT molecular complexity index is 142. The predicted molar refractivity (Wildman–Crippen MR) is 37.8 cm³/mol. The Morgan fingerprint density at radius 1 is 1.55 bits per heavy atom. The third-order valence-electron chi connectivity index (χ3n) is 0.495. The number of nitrogens with zero attached hydrogens (tertiary/aromatic N) is 1. The first kappa shape index (κ1) is 13.6. The van der Waals surface area contributed by atoms with Gasteiger partial charge in [0.05, 0.1) is 0 Å². The van der Waals surface area contributed by atoms with Crippen LogP contribution in [-0.4, -0.2) is 5.21 Å². The van der Waals surface area contributed by atoms with Crippen molar-refractivity contribution in [2.45, 2.75) is 0 Å². The van der Waals surface area contributed by atoms with Crippen molar-refractivity contribution in [2.24, 2.45) is 16.6 Å². The molecule has 0 saturated carbocycles. The number of hydrogen-bond donors (Lipinski definition) is 4. The summed E-state index contributed by atoms with van der Waals surface area (Å²) in [7, 11) is 9.75. The van der Waals surface area contributed by atoms with Crippen LogP contribution in [0.3, 0.4) is 0 Å². The predicted octanol–water partition coefficient (Wildman–Crippen LogP) is 0.152. The van der Waals surface area contributed by atoms with Crippen LogP contribution in [0.1, 0.15) is 0 Å². The number of halogens is 2. The summed E-state index contributed by atoms with van der Waals surface area (Å²) in [5, 5.41) is 10.1. The van der Waals surface area contributed by atoms with Gasteiger partial charge in [-0.2, -0.15) is 0 Å². The molecule has 0 atom stereocenters. The average Bonchev–Trinajstić information content (AvgIpc) is 2.03. The number of nitrogens with one attached hydrogen (secondary N) is 1. The first-order valence-corrected chi connectivity index (χ1v) is 7.58. The van der Waals surface area contributed by atoms with Crippen molar-refractivity contribution < 1.29 is 21.7 Å². The summed E-state index contributed by atoms with van der Waals surface area (Å²) in [4.78, 5) is 9.44. The minimum atomic E-state index is -0.472. The standard InChI is InChI=1S/C2H6N4O2.2ClH.Pt/c3-1(5-7)2(4)6-8;;;/h5,7H,3-4H2;2*1H;/q;;;+2/p-2/b2-1-;;;. The second-order valence-corrected chi connectivity index (χ2v) is 4.33. The van der Waals surface area contributed by atoms with Crippen LogP contribution in [0, 0.1) is 4.91 Å². The molecule has 0 aliphatic heterocycles. The zero-order valence-corrected chi connectivity index (χ0v) is 8.81.